The highest BCUT2D eigenvalue weighted by atomic mass is 16.7. The Kier molecular flexibility index (Phi) is 4.14. The molecule has 1 atom stereocenters. The minimum Gasteiger partial charge on any atom is -0.461 e. The van der Waals surface area contributed by atoms with Crippen LogP contribution in [0.3, 0.4) is 0 Å². The highest BCUT2D eigenvalue weighted by Crippen LogP contribution is 2.36. The fourth-order valence-electron chi connectivity index (χ4n) is 2.44. The Labute approximate surface area is 131 Å². The van der Waals surface area contributed by atoms with Gasteiger partial charge in [0.15, 0.2) is 0 Å². The molecule has 2 aliphatic rings. The van der Waals surface area contributed by atoms with Crippen molar-refractivity contribution >= 4 is 12.6 Å². The molecule has 3 heterocycles. The third-order valence-corrected chi connectivity index (χ3v) is 4.60. The Hall–Kier alpha value is -1.18. The van der Waals surface area contributed by atoms with Gasteiger partial charge in [-0.1, -0.05) is 0 Å². The van der Waals surface area contributed by atoms with Gasteiger partial charge in [-0.25, -0.2) is 9.97 Å². The quantitative estimate of drug-likeness (QED) is 0.782. The Morgan fingerprint density at radius 3 is 2.36 bits per heavy atom. The average Bonchev–Trinajstić information content (AvgIpc) is 3.04. The summed E-state index contributed by atoms with van der Waals surface area (Å²) < 4.78 is 23.0. The Bertz CT molecular complexity index is 499. The summed E-state index contributed by atoms with van der Waals surface area (Å²) in [5.74, 6) is 0. The fourth-order valence-corrected chi connectivity index (χ4v) is 2.44. The van der Waals surface area contributed by atoms with Crippen LogP contribution in [-0.2, 0) is 14.0 Å². The molecule has 2 saturated heterocycles. The van der Waals surface area contributed by atoms with Crippen molar-refractivity contribution in [1.29, 1.82) is 0 Å². The molecular weight excluding hydrogens is 283 g/mol. The molecule has 1 aromatic heterocycles. The van der Waals surface area contributed by atoms with Gasteiger partial charge < -0.3 is 18.8 Å². The van der Waals surface area contributed by atoms with Gasteiger partial charge in [0.1, 0.15) is 6.61 Å². The maximum absolute atomic E-state index is 5.97. The van der Waals surface area contributed by atoms with Crippen molar-refractivity contribution in [2.24, 2.45) is 0 Å². The van der Waals surface area contributed by atoms with E-state index in [-0.39, 0.29) is 17.3 Å². The SMILES string of the molecule is CC1(C)OB(c2cnc(OC[C@H]3CCCO3)nc2)OC1(C)C. The Balaban J connectivity index is 1.60. The predicted octanol–water partition coefficient (Wildman–Crippen LogP) is 1.33. The van der Waals surface area contributed by atoms with Crippen LogP contribution in [0.15, 0.2) is 12.4 Å². The van der Waals surface area contributed by atoms with Gasteiger partial charge in [-0.15, -0.1) is 0 Å². The summed E-state index contributed by atoms with van der Waals surface area (Å²) in [6.07, 6.45) is 5.67. The van der Waals surface area contributed by atoms with Gasteiger partial charge >= 0.3 is 13.1 Å². The van der Waals surface area contributed by atoms with Gasteiger partial charge in [-0.2, -0.15) is 0 Å². The predicted molar refractivity (Wildman–Crippen MR) is 82.2 cm³/mol. The second-order valence-electron chi connectivity index (χ2n) is 6.83. The van der Waals surface area contributed by atoms with E-state index in [1.54, 1.807) is 12.4 Å². The van der Waals surface area contributed by atoms with Crippen molar-refractivity contribution in [2.75, 3.05) is 13.2 Å². The van der Waals surface area contributed by atoms with E-state index in [9.17, 15) is 0 Å². The lowest BCUT2D eigenvalue weighted by Gasteiger charge is -2.32. The van der Waals surface area contributed by atoms with E-state index >= 15 is 0 Å². The van der Waals surface area contributed by atoms with Crippen molar-refractivity contribution in [3.8, 4) is 6.01 Å². The van der Waals surface area contributed by atoms with Crippen LogP contribution in [0.1, 0.15) is 40.5 Å². The standard InChI is InChI=1S/C15H23BN2O4/c1-14(2)15(3,4)22-16(21-14)11-8-17-13(18-9-11)20-10-12-6-5-7-19-12/h8-9,12H,5-7,10H2,1-4H3/t12-/m1/s1. The molecule has 0 bridgehead atoms. The highest BCUT2D eigenvalue weighted by molar-refractivity contribution is 6.61. The second kappa shape index (κ2) is 5.79. The van der Waals surface area contributed by atoms with Crippen LogP contribution in [0, 0.1) is 0 Å². The van der Waals surface area contributed by atoms with Gasteiger partial charge in [0.2, 0.25) is 0 Å². The zero-order chi connectivity index (χ0) is 15.8. The van der Waals surface area contributed by atoms with E-state index in [4.69, 9.17) is 18.8 Å². The van der Waals surface area contributed by atoms with Gasteiger partial charge in [0, 0.05) is 24.5 Å². The van der Waals surface area contributed by atoms with Crippen LogP contribution in [0.25, 0.3) is 0 Å². The number of aromatic nitrogens is 2. The number of hydrogen-bond acceptors (Lipinski definition) is 6. The summed E-state index contributed by atoms with van der Waals surface area (Å²) >= 11 is 0. The summed E-state index contributed by atoms with van der Waals surface area (Å²) in [5.41, 5.74) is 0.0577. The Morgan fingerprint density at radius 2 is 1.82 bits per heavy atom. The van der Waals surface area contributed by atoms with Gasteiger partial charge in [-0.05, 0) is 40.5 Å². The summed E-state index contributed by atoms with van der Waals surface area (Å²) in [4.78, 5) is 8.46. The van der Waals surface area contributed by atoms with E-state index in [0.717, 1.165) is 24.9 Å². The van der Waals surface area contributed by atoms with E-state index in [1.165, 1.54) is 0 Å². The average molecular weight is 306 g/mol. The van der Waals surface area contributed by atoms with E-state index in [0.29, 0.717) is 12.6 Å². The fraction of sp³-hybridized carbons (Fsp3) is 0.733. The molecule has 2 fully saturated rings. The topological polar surface area (TPSA) is 62.7 Å². The van der Waals surface area contributed by atoms with Crippen molar-refractivity contribution in [3.63, 3.8) is 0 Å². The molecule has 0 radical (unpaired) electrons. The lowest BCUT2D eigenvalue weighted by Crippen LogP contribution is -2.41. The monoisotopic (exact) mass is 306 g/mol. The minimum absolute atomic E-state index is 0.159. The summed E-state index contributed by atoms with van der Waals surface area (Å²) in [6, 6.07) is 0.357. The van der Waals surface area contributed by atoms with E-state index in [1.807, 2.05) is 27.7 Å². The molecule has 7 heteroatoms. The lowest BCUT2D eigenvalue weighted by molar-refractivity contribution is 0.00578. The van der Waals surface area contributed by atoms with Gasteiger partial charge in [0.25, 0.3) is 0 Å². The molecular formula is C15H23BN2O4. The third-order valence-electron chi connectivity index (χ3n) is 4.60. The lowest BCUT2D eigenvalue weighted by atomic mass is 9.81. The molecule has 0 saturated carbocycles. The zero-order valence-electron chi connectivity index (χ0n) is 13.7. The van der Waals surface area contributed by atoms with Crippen molar-refractivity contribution < 1.29 is 18.8 Å². The number of hydrogen-bond donors (Lipinski definition) is 0. The summed E-state index contributed by atoms with van der Waals surface area (Å²) in [6.45, 7) is 9.39. The minimum atomic E-state index is -0.447. The molecule has 6 nitrogen and oxygen atoms in total. The highest BCUT2D eigenvalue weighted by Gasteiger charge is 2.51. The summed E-state index contributed by atoms with van der Waals surface area (Å²) in [7, 11) is -0.447. The number of nitrogens with zero attached hydrogens (tertiary/aromatic N) is 2. The van der Waals surface area contributed by atoms with E-state index in [2.05, 4.69) is 9.97 Å². The largest absolute Gasteiger partial charge is 0.498 e. The van der Waals surface area contributed by atoms with E-state index < -0.39 is 7.12 Å². The molecule has 1 aromatic rings. The molecule has 0 aliphatic carbocycles. The zero-order valence-corrected chi connectivity index (χ0v) is 13.7. The molecule has 2 aliphatic heterocycles. The van der Waals surface area contributed by atoms with Gasteiger partial charge in [0.05, 0.1) is 17.3 Å². The molecule has 120 valence electrons. The van der Waals surface area contributed by atoms with Gasteiger partial charge in [-0.3, -0.25) is 0 Å². The maximum Gasteiger partial charge on any atom is 0.498 e. The van der Waals surface area contributed by atoms with Crippen LogP contribution in [0.5, 0.6) is 6.01 Å². The molecule has 0 N–H and O–H groups in total. The number of rotatable bonds is 4. The molecule has 22 heavy (non-hydrogen) atoms. The Morgan fingerprint density at radius 1 is 1.18 bits per heavy atom. The maximum atomic E-state index is 5.97. The first kappa shape index (κ1) is 15.7. The number of ether oxygens (including phenoxy) is 2. The smallest absolute Gasteiger partial charge is 0.461 e. The van der Waals surface area contributed by atoms with Crippen LogP contribution >= 0.6 is 0 Å². The van der Waals surface area contributed by atoms with Crippen LogP contribution in [0.2, 0.25) is 0 Å². The van der Waals surface area contributed by atoms with Crippen molar-refractivity contribution in [1.82, 2.24) is 9.97 Å². The normalized spacial score (nSPS) is 26.4. The third kappa shape index (κ3) is 3.11. The summed E-state index contributed by atoms with van der Waals surface area (Å²) in [5, 5.41) is 0. The van der Waals surface area contributed by atoms with Crippen molar-refractivity contribution in [3.05, 3.63) is 12.4 Å². The second-order valence-corrected chi connectivity index (χ2v) is 6.83. The first-order chi connectivity index (χ1) is 10.4. The van der Waals surface area contributed by atoms with Crippen molar-refractivity contribution in [2.45, 2.75) is 57.8 Å². The van der Waals surface area contributed by atoms with Crippen LogP contribution in [0.4, 0.5) is 0 Å². The first-order valence-corrected chi connectivity index (χ1v) is 7.79. The molecule has 0 aromatic carbocycles. The molecule has 3 rings (SSSR count). The van der Waals surface area contributed by atoms with Crippen LogP contribution < -0.4 is 10.2 Å². The molecule has 0 spiro atoms. The molecule has 0 amide bonds. The first-order valence-electron chi connectivity index (χ1n) is 7.79. The van der Waals surface area contributed by atoms with Crippen LogP contribution in [-0.4, -0.2) is 47.6 Å². The molecule has 0 unspecified atom stereocenters.